The molecule has 1 aromatic rings. The third-order valence-corrected chi connectivity index (χ3v) is 4.04. The quantitative estimate of drug-likeness (QED) is 0.832. The maximum absolute atomic E-state index is 5.75. The normalized spacial score (nSPS) is 16.7. The highest BCUT2D eigenvalue weighted by Crippen LogP contribution is 2.25. The SMILES string of the molecule is CCOC1CCN(c2ccccc2CNCC(C)C)CC1. The van der Waals surface area contributed by atoms with Crippen molar-refractivity contribution in [2.24, 2.45) is 5.92 Å². The molecular formula is C18H30N2O. The maximum atomic E-state index is 5.75. The summed E-state index contributed by atoms with van der Waals surface area (Å²) in [5.74, 6) is 0.694. The number of hydrogen-bond donors (Lipinski definition) is 1. The van der Waals surface area contributed by atoms with E-state index in [1.165, 1.54) is 11.3 Å². The summed E-state index contributed by atoms with van der Waals surface area (Å²) in [6, 6.07) is 8.80. The van der Waals surface area contributed by atoms with Crippen molar-refractivity contribution in [3.8, 4) is 0 Å². The Labute approximate surface area is 129 Å². The average molecular weight is 290 g/mol. The first kappa shape index (κ1) is 16.3. The number of piperidine rings is 1. The van der Waals surface area contributed by atoms with Gasteiger partial charge in [0.15, 0.2) is 0 Å². The van der Waals surface area contributed by atoms with Gasteiger partial charge in [-0.3, -0.25) is 0 Å². The number of para-hydroxylation sites is 1. The first-order valence-corrected chi connectivity index (χ1v) is 8.36. The van der Waals surface area contributed by atoms with Gasteiger partial charge in [-0.25, -0.2) is 0 Å². The minimum Gasteiger partial charge on any atom is -0.378 e. The summed E-state index contributed by atoms with van der Waals surface area (Å²) in [5.41, 5.74) is 2.80. The fourth-order valence-corrected chi connectivity index (χ4v) is 2.96. The molecule has 1 aliphatic rings. The van der Waals surface area contributed by atoms with E-state index in [9.17, 15) is 0 Å². The number of nitrogens with zero attached hydrogens (tertiary/aromatic N) is 1. The lowest BCUT2D eigenvalue weighted by Crippen LogP contribution is -2.37. The summed E-state index contributed by atoms with van der Waals surface area (Å²) in [6.07, 6.45) is 2.74. The van der Waals surface area contributed by atoms with E-state index in [1.807, 2.05) is 0 Å². The van der Waals surface area contributed by atoms with Gasteiger partial charge in [0, 0.05) is 31.9 Å². The van der Waals surface area contributed by atoms with E-state index < -0.39 is 0 Å². The zero-order valence-electron chi connectivity index (χ0n) is 13.8. The summed E-state index contributed by atoms with van der Waals surface area (Å²) >= 11 is 0. The number of hydrogen-bond acceptors (Lipinski definition) is 3. The summed E-state index contributed by atoms with van der Waals surface area (Å²) < 4.78 is 5.75. The summed E-state index contributed by atoms with van der Waals surface area (Å²) in [4.78, 5) is 2.52. The van der Waals surface area contributed by atoms with E-state index in [-0.39, 0.29) is 0 Å². The van der Waals surface area contributed by atoms with Crippen LogP contribution in [0.5, 0.6) is 0 Å². The van der Waals surface area contributed by atoms with Crippen molar-refractivity contribution in [1.29, 1.82) is 0 Å². The minimum absolute atomic E-state index is 0.456. The van der Waals surface area contributed by atoms with Gasteiger partial charge < -0.3 is 15.0 Å². The van der Waals surface area contributed by atoms with Gasteiger partial charge in [0.25, 0.3) is 0 Å². The van der Waals surface area contributed by atoms with Crippen LogP contribution in [-0.2, 0) is 11.3 Å². The maximum Gasteiger partial charge on any atom is 0.0608 e. The Morgan fingerprint density at radius 2 is 1.95 bits per heavy atom. The van der Waals surface area contributed by atoms with Gasteiger partial charge in [-0.05, 0) is 43.9 Å². The third kappa shape index (κ3) is 5.01. The van der Waals surface area contributed by atoms with Gasteiger partial charge in [-0.2, -0.15) is 0 Å². The van der Waals surface area contributed by atoms with Gasteiger partial charge in [0.1, 0.15) is 0 Å². The number of anilines is 1. The fraction of sp³-hybridized carbons (Fsp3) is 0.667. The molecule has 118 valence electrons. The lowest BCUT2D eigenvalue weighted by atomic mass is 10.0. The minimum atomic E-state index is 0.456. The molecule has 0 spiro atoms. The Balaban J connectivity index is 1.93. The van der Waals surface area contributed by atoms with Crippen LogP contribution in [0.25, 0.3) is 0 Å². The molecule has 0 amide bonds. The molecule has 0 aromatic heterocycles. The second kappa shape index (κ2) is 8.40. The standard InChI is InChI=1S/C18H30N2O/c1-4-21-17-9-11-20(12-10-17)18-8-6-5-7-16(18)14-19-13-15(2)3/h5-8,15,17,19H,4,9-14H2,1-3H3. The zero-order chi connectivity index (χ0) is 15.1. The molecule has 3 nitrogen and oxygen atoms in total. The molecule has 3 heteroatoms. The van der Waals surface area contributed by atoms with Gasteiger partial charge in [-0.15, -0.1) is 0 Å². The molecule has 21 heavy (non-hydrogen) atoms. The highest BCUT2D eigenvalue weighted by atomic mass is 16.5. The molecule has 1 heterocycles. The Hall–Kier alpha value is -1.06. The van der Waals surface area contributed by atoms with Crippen LogP contribution in [0.3, 0.4) is 0 Å². The molecule has 0 aliphatic carbocycles. The molecule has 1 saturated heterocycles. The predicted molar refractivity (Wildman–Crippen MR) is 89.8 cm³/mol. The van der Waals surface area contributed by atoms with Crippen molar-refractivity contribution in [1.82, 2.24) is 5.32 Å². The average Bonchev–Trinajstić information content (AvgIpc) is 2.49. The number of nitrogens with one attached hydrogen (secondary N) is 1. The van der Waals surface area contributed by atoms with Crippen LogP contribution >= 0.6 is 0 Å². The highest BCUT2D eigenvalue weighted by molar-refractivity contribution is 5.54. The number of benzene rings is 1. The van der Waals surface area contributed by atoms with Crippen LogP contribution in [0.15, 0.2) is 24.3 Å². The Bertz CT molecular complexity index is 411. The monoisotopic (exact) mass is 290 g/mol. The molecule has 0 saturated carbocycles. The zero-order valence-corrected chi connectivity index (χ0v) is 13.8. The number of ether oxygens (including phenoxy) is 1. The Morgan fingerprint density at radius 3 is 2.62 bits per heavy atom. The van der Waals surface area contributed by atoms with Crippen molar-refractivity contribution in [2.75, 3.05) is 31.1 Å². The molecule has 0 atom stereocenters. The topological polar surface area (TPSA) is 24.5 Å². The van der Waals surface area contributed by atoms with Crippen molar-refractivity contribution in [3.63, 3.8) is 0 Å². The fourth-order valence-electron chi connectivity index (χ4n) is 2.96. The van der Waals surface area contributed by atoms with Crippen molar-refractivity contribution < 1.29 is 4.74 Å². The van der Waals surface area contributed by atoms with E-state index >= 15 is 0 Å². The van der Waals surface area contributed by atoms with E-state index in [1.54, 1.807) is 0 Å². The first-order chi connectivity index (χ1) is 10.2. The molecule has 2 rings (SSSR count). The molecule has 1 fully saturated rings. The van der Waals surface area contributed by atoms with Crippen molar-refractivity contribution in [3.05, 3.63) is 29.8 Å². The van der Waals surface area contributed by atoms with Crippen molar-refractivity contribution >= 4 is 5.69 Å². The van der Waals surface area contributed by atoms with E-state index in [4.69, 9.17) is 4.74 Å². The van der Waals surface area contributed by atoms with Crippen molar-refractivity contribution in [2.45, 2.75) is 46.3 Å². The Morgan fingerprint density at radius 1 is 1.24 bits per heavy atom. The third-order valence-electron chi connectivity index (χ3n) is 4.04. The van der Waals surface area contributed by atoms with Crippen LogP contribution < -0.4 is 10.2 Å². The van der Waals surface area contributed by atoms with E-state index in [0.717, 1.165) is 45.6 Å². The smallest absolute Gasteiger partial charge is 0.0608 e. The van der Waals surface area contributed by atoms with Crippen LogP contribution in [0.2, 0.25) is 0 Å². The predicted octanol–water partition coefficient (Wildman–Crippen LogP) is 3.44. The molecule has 1 N–H and O–H groups in total. The second-order valence-electron chi connectivity index (χ2n) is 6.30. The van der Waals surface area contributed by atoms with Crippen LogP contribution in [-0.4, -0.2) is 32.3 Å². The van der Waals surface area contributed by atoms with Crippen LogP contribution in [0.1, 0.15) is 39.2 Å². The summed E-state index contributed by atoms with van der Waals surface area (Å²) in [5, 5.41) is 3.56. The van der Waals surface area contributed by atoms with Gasteiger partial charge in [-0.1, -0.05) is 32.0 Å². The molecule has 0 radical (unpaired) electrons. The summed E-state index contributed by atoms with van der Waals surface area (Å²) in [7, 11) is 0. The van der Waals surface area contributed by atoms with Gasteiger partial charge in [0.05, 0.1) is 6.10 Å². The first-order valence-electron chi connectivity index (χ1n) is 8.36. The lowest BCUT2D eigenvalue weighted by Gasteiger charge is -2.34. The molecule has 0 unspecified atom stereocenters. The van der Waals surface area contributed by atoms with Gasteiger partial charge >= 0.3 is 0 Å². The largest absolute Gasteiger partial charge is 0.378 e. The van der Waals surface area contributed by atoms with Crippen LogP contribution in [0, 0.1) is 5.92 Å². The Kier molecular flexibility index (Phi) is 6.52. The molecule has 0 bridgehead atoms. The van der Waals surface area contributed by atoms with Crippen LogP contribution in [0.4, 0.5) is 5.69 Å². The lowest BCUT2D eigenvalue weighted by molar-refractivity contribution is 0.0459. The summed E-state index contributed by atoms with van der Waals surface area (Å²) in [6.45, 7) is 11.6. The molecule has 1 aromatic carbocycles. The van der Waals surface area contributed by atoms with E-state index in [2.05, 4.69) is 55.3 Å². The second-order valence-corrected chi connectivity index (χ2v) is 6.30. The number of rotatable bonds is 7. The molecular weight excluding hydrogens is 260 g/mol. The van der Waals surface area contributed by atoms with E-state index in [0.29, 0.717) is 12.0 Å². The molecule has 1 aliphatic heterocycles. The van der Waals surface area contributed by atoms with Gasteiger partial charge in [0.2, 0.25) is 0 Å². The highest BCUT2D eigenvalue weighted by Gasteiger charge is 2.20.